The summed E-state index contributed by atoms with van der Waals surface area (Å²) in [5.74, 6) is -0.503. The van der Waals surface area contributed by atoms with Crippen molar-refractivity contribution in [3.05, 3.63) is 46.0 Å². The first-order valence-corrected chi connectivity index (χ1v) is 7.66. The molecule has 0 radical (unpaired) electrons. The van der Waals surface area contributed by atoms with Crippen molar-refractivity contribution < 1.29 is 12.8 Å². The molecule has 0 amide bonds. The number of sulfonamides is 1. The van der Waals surface area contributed by atoms with Gasteiger partial charge in [-0.05, 0) is 45.6 Å². The average Bonchev–Trinajstić information content (AvgIpc) is 2.77. The topological polar surface area (TPSA) is 46.2 Å². The molecule has 0 unspecified atom stereocenters. The Balaban J connectivity index is 2.36. The number of rotatable bonds is 3. The number of thiophene rings is 1. The number of nitrogens with one attached hydrogen (secondary N) is 1. The van der Waals surface area contributed by atoms with Gasteiger partial charge >= 0.3 is 0 Å². The third-order valence-electron chi connectivity index (χ3n) is 1.93. The number of benzene rings is 1. The highest BCUT2D eigenvalue weighted by Crippen LogP contribution is 2.27. The molecular formula is C10H7BrFNO2S2. The maximum absolute atomic E-state index is 13.0. The molecule has 0 aliphatic rings. The molecule has 1 heterocycles. The number of halogens is 2. The second-order valence-corrected chi connectivity index (χ2v) is 6.87. The van der Waals surface area contributed by atoms with Gasteiger partial charge in [0.1, 0.15) is 10.0 Å². The summed E-state index contributed by atoms with van der Waals surface area (Å²) in [6.07, 6.45) is 0. The first-order chi connectivity index (χ1) is 7.99. The largest absolute Gasteiger partial charge is 0.278 e. The molecule has 0 saturated carbocycles. The van der Waals surface area contributed by atoms with E-state index in [2.05, 4.69) is 20.7 Å². The summed E-state index contributed by atoms with van der Waals surface area (Å²) in [6.45, 7) is 0. The van der Waals surface area contributed by atoms with Crippen LogP contribution in [0.5, 0.6) is 0 Å². The van der Waals surface area contributed by atoms with Crippen molar-refractivity contribution in [2.45, 2.75) is 4.21 Å². The van der Waals surface area contributed by atoms with E-state index in [9.17, 15) is 12.8 Å². The Morgan fingerprint density at radius 3 is 2.71 bits per heavy atom. The van der Waals surface area contributed by atoms with E-state index >= 15 is 0 Å². The molecule has 90 valence electrons. The Bertz CT molecular complexity index is 626. The Labute approximate surface area is 110 Å². The summed E-state index contributed by atoms with van der Waals surface area (Å²) in [5, 5.41) is 1.66. The van der Waals surface area contributed by atoms with E-state index in [0.29, 0.717) is 4.47 Å². The maximum Gasteiger partial charge on any atom is 0.271 e. The van der Waals surface area contributed by atoms with Crippen LogP contribution in [0.1, 0.15) is 0 Å². The predicted octanol–water partition coefficient (Wildman–Crippen LogP) is 3.45. The molecule has 1 N–H and O–H groups in total. The van der Waals surface area contributed by atoms with E-state index in [1.54, 1.807) is 11.4 Å². The van der Waals surface area contributed by atoms with Crippen LogP contribution in [-0.4, -0.2) is 8.42 Å². The summed E-state index contributed by atoms with van der Waals surface area (Å²) < 4.78 is 39.8. The minimum atomic E-state index is -3.64. The van der Waals surface area contributed by atoms with Crippen molar-refractivity contribution in [2.75, 3.05) is 4.72 Å². The Morgan fingerprint density at radius 1 is 1.29 bits per heavy atom. The van der Waals surface area contributed by atoms with Crippen molar-refractivity contribution in [1.29, 1.82) is 0 Å². The fourth-order valence-electron chi connectivity index (χ4n) is 1.19. The van der Waals surface area contributed by atoms with E-state index in [1.165, 1.54) is 18.2 Å². The zero-order valence-electron chi connectivity index (χ0n) is 8.35. The fourth-order valence-corrected chi connectivity index (χ4v) is 3.73. The third-order valence-corrected chi connectivity index (χ3v) is 5.39. The maximum atomic E-state index is 13.0. The highest BCUT2D eigenvalue weighted by molar-refractivity contribution is 9.10. The first kappa shape index (κ1) is 12.5. The van der Waals surface area contributed by atoms with Gasteiger partial charge in [-0.2, -0.15) is 0 Å². The molecule has 1 aromatic heterocycles. The molecule has 1 aromatic carbocycles. The zero-order valence-corrected chi connectivity index (χ0v) is 11.6. The van der Waals surface area contributed by atoms with Crippen molar-refractivity contribution in [1.82, 2.24) is 0 Å². The van der Waals surface area contributed by atoms with Crippen LogP contribution in [0.2, 0.25) is 0 Å². The molecule has 0 bridgehead atoms. The van der Waals surface area contributed by atoms with Crippen LogP contribution in [0.4, 0.5) is 10.1 Å². The van der Waals surface area contributed by atoms with Gasteiger partial charge in [-0.3, -0.25) is 4.72 Å². The molecule has 2 rings (SSSR count). The molecule has 0 aliphatic heterocycles. The van der Waals surface area contributed by atoms with Crippen molar-refractivity contribution in [3.8, 4) is 0 Å². The van der Waals surface area contributed by atoms with E-state index in [-0.39, 0.29) is 9.90 Å². The smallest absolute Gasteiger partial charge is 0.271 e. The lowest BCUT2D eigenvalue weighted by atomic mass is 10.3. The van der Waals surface area contributed by atoms with Gasteiger partial charge in [0.15, 0.2) is 0 Å². The fraction of sp³-hybridized carbons (Fsp3) is 0. The molecule has 7 heteroatoms. The highest BCUT2D eigenvalue weighted by Gasteiger charge is 2.16. The third kappa shape index (κ3) is 2.85. The minimum Gasteiger partial charge on any atom is -0.278 e. The van der Waals surface area contributed by atoms with Crippen LogP contribution in [0, 0.1) is 5.82 Å². The van der Waals surface area contributed by atoms with E-state index in [0.717, 1.165) is 17.4 Å². The summed E-state index contributed by atoms with van der Waals surface area (Å²) >= 11 is 4.26. The minimum absolute atomic E-state index is 0.179. The second kappa shape index (κ2) is 4.75. The highest BCUT2D eigenvalue weighted by atomic mass is 79.9. The molecule has 0 atom stereocenters. The lowest BCUT2D eigenvalue weighted by Crippen LogP contribution is -2.11. The van der Waals surface area contributed by atoms with Gasteiger partial charge in [0.25, 0.3) is 10.0 Å². The lowest BCUT2D eigenvalue weighted by molar-refractivity contribution is 0.603. The Kier molecular flexibility index (Phi) is 3.50. The van der Waals surface area contributed by atoms with Crippen LogP contribution >= 0.6 is 27.3 Å². The summed E-state index contributed by atoms with van der Waals surface area (Å²) in [7, 11) is -3.64. The van der Waals surface area contributed by atoms with E-state index in [1.807, 2.05) is 0 Å². The van der Waals surface area contributed by atoms with Crippen molar-refractivity contribution >= 4 is 43.0 Å². The monoisotopic (exact) mass is 335 g/mol. The number of anilines is 1. The summed E-state index contributed by atoms with van der Waals surface area (Å²) in [4.78, 5) is 0. The Hall–Kier alpha value is -0.920. The number of hydrogen-bond donors (Lipinski definition) is 1. The van der Waals surface area contributed by atoms with Crippen LogP contribution in [0.15, 0.2) is 44.4 Å². The van der Waals surface area contributed by atoms with Gasteiger partial charge in [-0.15, -0.1) is 11.3 Å². The van der Waals surface area contributed by atoms with Gasteiger partial charge in [0.2, 0.25) is 0 Å². The van der Waals surface area contributed by atoms with Crippen LogP contribution in [-0.2, 0) is 10.0 Å². The predicted molar refractivity (Wildman–Crippen MR) is 69.2 cm³/mol. The average molecular weight is 336 g/mol. The quantitative estimate of drug-likeness (QED) is 0.933. The van der Waals surface area contributed by atoms with Gasteiger partial charge in [0, 0.05) is 4.47 Å². The molecule has 0 spiro atoms. The van der Waals surface area contributed by atoms with E-state index < -0.39 is 15.8 Å². The van der Waals surface area contributed by atoms with Gasteiger partial charge < -0.3 is 0 Å². The summed E-state index contributed by atoms with van der Waals surface area (Å²) in [6, 6.07) is 6.93. The molecule has 0 fully saturated rings. The number of hydrogen-bond acceptors (Lipinski definition) is 3. The van der Waals surface area contributed by atoms with Crippen LogP contribution in [0.25, 0.3) is 0 Å². The van der Waals surface area contributed by atoms with Crippen LogP contribution < -0.4 is 4.72 Å². The normalized spacial score (nSPS) is 11.4. The second-order valence-electron chi connectivity index (χ2n) is 3.16. The molecule has 3 nitrogen and oxygen atoms in total. The first-order valence-electron chi connectivity index (χ1n) is 4.50. The molecule has 17 heavy (non-hydrogen) atoms. The lowest BCUT2D eigenvalue weighted by Gasteiger charge is -2.08. The van der Waals surface area contributed by atoms with Crippen molar-refractivity contribution in [3.63, 3.8) is 0 Å². The molecule has 0 aliphatic carbocycles. The molecular weight excluding hydrogens is 329 g/mol. The molecule has 2 aromatic rings. The van der Waals surface area contributed by atoms with E-state index in [4.69, 9.17) is 0 Å². The van der Waals surface area contributed by atoms with Crippen molar-refractivity contribution in [2.24, 2.45) is 0 Å². The van der Waals surface area contributed by atoms with Crippen LogP contribution in [0.3, 0.4) is 0 Å². The van der Waals surface area contributed by atoms with Gasteiger partial charge in [0.05, 0.1) is 5.69 Å². The van der Waals surface area contributed by atoms with Gasteiger partial charge in [-0.25, -0.2) is 12.8 Å². The Morgan fingerprint density at radius 2 is 2.06 bits per heavy atom. The zero-order chi connectivity index (χ0) is 12.5. The summed E-state index contributed by atoms with van der Waals surface area (Å²) in [5.41, 5.74) is 0.179. The molecule has 0 saturated heterocycles. The SMILES string of the molecule is O=S(=O)(Nc1cc(F)ccc1Br)c1cccs1. The standard InChI is InChI=1S/C10H7BrFNO2S2/c11-8-4-3-7(12)6-9(8)13-17(14,15)10-2-1-5-16-10/h1-6,13H. The van der Waals surface area contributed by atoms with Gasteiger partial charge in [-0.1, -0.05) is 6.07 Å².